The van der Waals surface area contributed by atoms with E-state index in [1.54, 1.807) is 18.3 Å². The minimum atomic E-state index is -0.418. The van der Waals surface area contributed by atoms with Crippen molar-refractivity contribution in [3.63, 3.8) is 0 Å². The van der Waals surface area contributed by atoms with Crippen LogP contribution < -0.4 is 5.32 Å². The van der Waals surface area contributed by atoms with Crippen molar-refractivity contribution in [2.45, 2.75) is 6.54 Å². The topological polar surface area (TPSA) is 24.9 Å². The van der Waals surface area contributed by atoms with E-state index >= 15 is 0 Å². The molecule has 0 saturated heterocycles. The number of halogens is 3. The van der Waals surface area contributed by atoms with Crippen LogP contribution in [0.3, 0.4) is 0 Å². The standard InChI is InChI=1S/C12H9BrClFN2/c13-8-1-2-10(16-6-8)7-17-9-3-4-12(15)11(14)5-9/h1-6,17H,7H2. The summed E-state index contributed by atoms with van der Waals surface area (Å²) in [7, 11) is 0. The highest BCUT2D eigenvalue weighted by Gasteiger charge is 2.01. The fourth-order valence-electron chi connectivity index (χ4n) is 1.31. The highest BCUT2D eigenvalue weighted by molar-refractivity contribution is 9.10. The smallest absolute Gasteiger partial charge is 0.141 e. The minimum absolute atomic E-state index is 0.110. The Morgan fingerprint density at radius 2 is 2.12 bits per heavy atom. The lowest BCUT2D eigenvalue weighted by Gasteiger charge is -2.06. The third-order valence-corrected chi connectivity index (χ3v) is 2.94. The predicted molar refractivity (Wildman–Crippen MR) is 70.7 cm³/mol. The van der Waals surface area contributed by atoms with Crippen LogP contribution in [0.25, 0.3) is 0 Å². The van der Waals surface area contributed by atoms with Gasteiger partial charge < -0.3 is 5.32 Å². The normalized spacial score (nSPS) is 10.3. The number of nitrogens with zero attached hydrogens (tertiary/aromatic N) is 1. The lowest BCUT2D eigenvalue weighted by molar-refractivity contribution is 0.628. The molecule has 0 bridgehead atoms. The summed E-state index contributed by atoms with van der Waals surface area (Å²) >= 11 is 9.00. The molecule has 2 rings (SSSR count). The van der Waals surface area contributed by atoms with Crippen molar-refractivity contribution in [2.75, 3.05) is 5.32 Å². The molecule has 1 aromatic carbocycles. The van der Waals surface area contributed by atoms with Gasteiger partial charge in [0.05, 0.1) is 17.3 Å². The van der Waals surface area contributed by atoms with E-state index in [1.165, 1.54) is 6.07 Å². The Hall–Kier alpha value is -1.13. The third kappa shape index (κ3) is 3.41. The summed E-state index contributed by atoms with van der Waals surface area (Å²) in [5, 5.41) is 3.23. The fourth-order valence-corrected chi connectivity index (χ4v) is 1.72. The molecule has 0 spiro atoms. The molecule has 0 aliphatic carbocycles. The third-order valence-electron chi connectivity index (χ3n) is 2.18. The van der Waals surface area contributed by atoms with Crippen LogP contribution >= 0.6 is 27.5 Å². The van der Waals surface area contributed by atoms with Gasteiger partial charge in [-0.3, -0.25) is 4.98 Å². The Morgan fingerprint density at radius 3 is 2.76 bits per heavy atom. The molecule has 17 heavy (non-hydrogen) atoms. The molecule has 1 aromatic heterocycles. The van der Waals surface area contributed by atoms with E-state index < -0.39 is 5.82 Å². The van der Waals surface area contributed by atoms with E-state index in [0.29, 0.717) is 6.54 Å². The summed E-state index contributed by atoms with van der Waals surface area (Å²) in [4.78, 5) is 4.22. The maximum Gasteiger partial charge on any atom is 0.141 e. The van der Waals surface area contributed by atoms with Gasteiger partial charge in [0.15, 0.2) is 0 Å². The number of hydrogen-bond acceptors (Lipinski definition) is 2. The fraction of sp³-hybridized carbons (Fsp3) is 0.0833. The zero-order chi connectivity index (χ0) is 12.3. The van der Waals surface area contributed by atoms with Gasteiger partial charge >= 0.3 is 0 Å². The lowest BCUT2D eigenvalue weighted by atomic mass is 10.3. The molecule has 2 aromatic rings. The SMILES string of the molecule is Fc1ccc(NCc2ccc(Br)cn2)cc1Cl. The van der Waals surface area contributed by atoms with Crippen LogP contribution in [0.1, 0.15) is 5.69 Å². The number of nitrogens with one attached hydrogen (secondary N) is 1. The van der Waals surface area contributed by atoms with Crippen LogP contribution in [-0.2, 0) is 6.54 Å². The maximum absolute atomic E-state index is 12.9. The van der Waals surface area contributed by atoms with Gasteiger partial charge in [0.1, 0.15) is 5.82 Å². The molecule has 0 aliphatic rings. The van der Waals surface area contributed by atoms with Crippen molar-refractivity contribution < 1.29 is 4.39 Å². The van der Waals surface area contributed by atoms with Gasteiger partial charge in [-0.1, -0.05) is 11.6 Å². The molecule has 0 saturated carbocycles. The van der Waals surface area contributed by atoms with E-state index in [1.807, 2.05) is 12.1 Å². The molecule has 2 nitrogen and oxygen atoms in total. The van der Waals surface area contributed by atoms with Gasteiger partial charge in [-0.05, 0) is 46.3 Å². The summed E-state index contributed by atoms with van der Waals surface area (Å²) in [6, 6.07) is 8.35. The first-order valence-corrected chi connectivity index (χ1v) is 6.11. The number of rotatable bonds is 3. The molecular weight excluding hydrogens is 307 g/mol. The van der Waals surface area contributed by atoms with Crippen LogP contribution in [0.2, 0.25) is 5.02 Å². The van der Waals surface area contributed by atoms with Gasteiger partial charge in [0.25, 0.3) is 0 Å². The van der Waals surface area contributed by atoms with Crippen molar-refractivity contribution >= 4 is 33.2 Å². The highest BCUT2D eigenvalue weighted by Crippen LogP contribution is 2.19. The summed E-state index contributed by atoms with van der Waals surface area (Å²) in [5.74, 6) is -0.418. The maximum atomic E-state index is 12.9. The molecule has 0 aliphatic heterocycles. The average molecular weight is 316 g/mol. The first-order chi connectivity index (χ1) is 8.15. The summed E-state index contributed by atoms with van der Waals surface area (Å²) in [6.07, 6.45) is 1.73. The second-order valence-electron chi connectivity index (χ2n) is 3.45. The minimum Gasteiger partial charge on any atom is -0.379 e. The van der Waals surface area contributed by atoms with Gasteiger partial charge in [-0.15, -0.1) is 0 Å². The molecule has 88 valence electrons. The van der Waals surface area contributed by atoms with E-state index in [2.05, 4.69) is 26.2 Å². The Balaban J connectivity index is 2.02. The lowest BCUT2D eigenvalue weighted by Crippen LogP contribution is -2.01. The predicted octanol–water partition coefficient (Wildman–Crippen LogP) is 4.25. The molecule has 0 radical (unpaired) electrons. The number of aromatic nitrogens is 1. The Kier molecular flexibility index (Phi) is 3.97. The van der Waals surface area contributed by atoms with Crippen molar-refractivity contribution in [1.29, 1.82) is 0 Å². The molecule has 1 heterocycles. The zero-order valence-corrected chi connectivity index (χ0v) is 11.1. The van der Waals surface area contributed by atoms with E-state index in [9.17, 15) is 4.39 Å². The second kappa shape index (κ2) is 5.47. The van der Waals surface area contributed by atoms with Crippen molar-refractivity contribution in [2.24, 2.45) is 0 Å². The van der Waals surface area contributed by atoms with Gasteiger partial charge in [-0.25, -0.2) is 4.39 Å². The molecule has 1 N–H and O–H groups in total. The van der Waals surface area contributed by atoms with E-state index in [4.69, 9.17) is 11.6 Å². The van der Waals surface area contributed by atoms with Gasteiger partial charge in [-0.2, -0.15) is 0 Å². The molecule has 5 heteroatoms. The van der Waals surface area contributed by atoms with Gasteiger partial charge in [0.2, 0.25) is 0 Å². The van der Waals surface area contributed by atoms with Gasteiger partial charge in [0, 0.05) is 16.4 Å². The van der Waals surface area contributed by atoms with Crippen LogP contribution in [0.5, 0.6) is 0 Å². The van der Waals surface area contributed by atoms with E-state index in [-0.39, 0.29) is 5.02 Å². The Morgan fingerprint density at radius 1 is 1.29 bits per heavy atom. The van der Waals surface area contributed by atoms with Crippen LogP contribution in [0, 0.1) is 5.82 Å². The first-order valence-electron chi connectivity index (χ1n) is 4.94. The van der Waals surface area contributed by atoms with Crippen molar-refractivity contribution in [3.8, 4) is 0 Å². The monoisotopic (exact) mass is 314 g/mol. The van der Waals surface area contributed by atoms with Crippen molar-refractivity contribution in [1.82, 2.24) is 4.98 Å². The van der Waals surface area contributed by atoms with Crippen LogP contribution in [0.4, 0.5) is 10.1 Å². The molecule has 0 amide bonds. The van der Waals surface area contributed by atoms with E-state index in [0.717, 1.165) is 15.9 Å². The van der Waals surface area contributed by atoms with Crippen LogP contribution in [0.15, 0.2) is 41.0 Å². The summed E-state index contributed by atoms with van der Waals surface area (Å²) < 4.78 is 13.9. The number of benzene rings is 1. The quantitative estimate of drug-likeness (QED) is 0.916. The number of pyridine rings is 1. The number of hydrogen-bond donors (Lipinski definition) is 1. The Labute approximate surface area is 112 Å². The molecular formula is C12H9BrClFN2. The highest BCUT2D eigenvalue weighted by atomic mass is 79.9. The molecule has 0 atom stereocenters. The first kappa shape index (κ1) is 12.3. The summed E-state index contributed by atoms with van der Waals surface area (Å²) in [5.41, 5.74) is 1.66. The zero-order valence-electron chi connectivity index (χ0n) is 8.75. The largest absolute Gasteiger partial charge is 0.379 e. The van der Waals surface area contributed by atoms with Crippen molar-refractivity contribution in [3.05, 3.63) is 57.5 Å². The molecule has 0 unspecified atom stereocenters. The Bertz CT molecular complexity index is 516. The number of anilines is 1. The summed E-state index contributed by atoms with van der Waals surface area (Å²) in [6.45, 7) is 0.565. The van der Waals surface area contributed by atoms with Crippen LogP contribution in [-0.4, -0.2) is 4.98 Å². The molecule has 0 fully saturated rings. The average Bonchev–Trinajstić information content (AvgIpc) is 2.33. The second-order valence-corrected chi connectivity index (χ2v) is 4.77.